The van der Waals surface area contributed by atoms with Gasteiger partial charge in [-0.05, 0) is 57.5 Å². The number of anilines is 1. The van der Waals surface area contributed by atoms with Gasteiger partial charge in [-0.25, -0.2) is 0 Å². The summed E-state index contributed by atoms with van der Waals surface area (Å²) in [5, 5.41) is 3.06. The molecule has 0 bridgehead atoms. The summed E-state index contributed by atoms with van der Waals surface area (Å²) in [7, 11) is 0. The van der Waals surface area contributed by atoms with Gasteiger partial charge in [0, 0.05) is 11.9 Å². The van der Waals surface area contributed by atoms with Crippen molar-refractivity contribution >= 4 is 17.6 Å². The first kappa shape index (κ1) is 19.5. The molecule has 6 nitrogen and oxygen atoms in total. The van der Waals surface area contributed by atoms with Crippen molar-refractivity contribution < 1.29 is 23.8 Å². The maximum Gasteiger partial charge on any atom is 0.324 e. The second-order valence-electron chi connectivity index (χ2n) is 4.93. The summed E-state index contributed by atoms with van der Waals surface area (Å²) in [6.45, 7) is 7.99. The molecule has 24 heavy (non-hydrogen) atoms. The highest BCUT2D eigenvalue weighted by Crippen LogP contribution is 2.18. The number of hydrogen-bond acceptors (Lipinski definition) is 6. The monoisotopic (exact) mass is 335 g/mol. The van der Waals surface area contributed by atoms with E-state index in [1.807, 2.05) is 31.2 Å². The van der Waals surface area contributed by atoms with E-state index in [1.165, 1.54) is 0 Å². The molecule has 0 atom stereocenters. The van der Waals surface area contributed by atoms with Crippen LogP contribution >= 0.6 is 0 Å². The third kappa shape index (κ3) is 5.95. The van der Waals surface area contributed by atoms with Gasteiger partial charge in [-0.15, -0.1) is 0 Å². The van der Waals surface area contributed by atoms with Crippen LogP contribution in [0.2, 0.25) is 0 Å². The molecule has 1 aromatic rings. The van der Waals surface area contributed by atoms with E-state index in [0.717, 1.165) is 11.4 Å². The molecule has 0 saturated carbocycles. The average Bonchev–Trinajstić information content (AvgIpc) is 2.55. The van der Waals surface area contributed by atoms with E-state index in [-0.39, 0.29) is 13.2 Å². The fourth-order valence-corrected chi connectivity index (χ4v) is 2.01. The number of ether oxygens (including phenoxy) is 3. The average molecular weight is 335 g/mol. The van der Waals surface area contributed by atoms with Crippen molar-refractivity contribution in [2.75, 3.05) is 25.1 Å². The summed E-state index contributed by atoms with van der Waals surface area (Å²) >= 11 is 0. The smallest absolute Gasteiger partial charge is 0.324 e. The summed E-state index contributed by atoms with van der Waals surface area (Å²) in [4.78, 5) is 24.0. The van der Waals surface area contributed by atoms with Gasteiger partial charge < -0.3 is 19.5 Å². The molecule has 0 aliphatic carbocycles. The lowest BCUT2D eigenvalue weighted by molar-refractivity contribution is -0.159. The number of esters is 2. The summed E-state index contributed by atoms with van der Waals surface area (Å²) < 4.78 is 15.3. The molecule has 0 saturated heterocycles. The predicted octanol–water partition coefficient (Wildman–Crippen LogP) is 3.14. The first-order valence-electron chi connectivity index (χ1n) is 8.02. The summed E-state index contributed by atoms with van der Waals surface area (Å²) in [5.74, 6) is -1.52. The molecule has 1 N–H and O–H groups in total. The topological polar surface area (TPSA) is 73.9 Å². The molecular weight excluding hydrogens is 310 g/mol. The van der Waals surface area contributed by atoms with Gasteiger partial charge in [0.15, 0.2) is 5.92 Å². The highest BCUT2D eigenvalue weighted by Gasteiger charge is 2.31. The number of nitrogens with one attached hydrogen (secondary N) is 1. The van der Waals surface area contributed by atoms with Crippen molar-refractivity contribution in [1.82, 2.24) is 0 Å². The Morgan fingerprint density at radius 3 is 2.00 bits per heavy atom. The fourth-order valence-electron chi connectivity index (χ4n) is 2.01. The molecule has 0 unspecified atom stereocenters. The zero-order valence-electron chi connectivity index (χ0n) is 14.6. The minimum absolute atomic E-state index is 0.203. The number of benzene rings is 1. The Morgan fingerprint density at radius 2 is 1.54 bits per heavy atom. The van der Waals surface area contributed by atoms with Crippen LogP contribution in [0.15, 0.2) is 36.0 Å². The van der Waals surface area contributed by atoms with Crippen LogP contribution in [0.1, 0.15) is 27.7 Å². The number of hydrogen-bond donors (Lipinski definition) is 1. The van der Waals surface area contributed by atoms with Crippen LogP contribution in [0.25, 0.3) is 0 Å². The molecule has 132 valence electrons. The van der Waals surface area contributed by atoms with Gasteiger partial charge in [0.05, 0.1) is 19.8 Å². The largest absolute Gasteiger partial charge is 0.494 e. The van der Waals surface area contributed by atoms with Crippen LogP contribution in [-0.4, -0.2) is 31.8 Å². The molecule has 0 aromatic heterocycles. The number of carbonyl (C=O) groups is 2. The Hall–Kier alpha value is -2.50. The van der Waals surface area contributed by atoms with Crippen LogP contribution in [0.4, 0.5) is 5.69 Å². The molecule has 0 aliphatic heterocycles. The van der Waals surface area contributed by atoms with Gasteiger partial charge in [-0.1, -0.05) is 0 Å². The first-order valence-corrected chi connectivity index (χ1v) is 8.02. The molecule has 1 rings (SSSR count). The lowest BCUT2D eigenvalue weighted by Gasteiger charge is -2.15. The van der Waals surface area contributed by atoms with Gasteiger partial charge in [0.2, 0.25) is 0 Å². The lowest BCUT2D eigenvalue weighted by atomic mass is 10.0. The third-order valence-corrected chi connectivity index (χ3v) is 3.13. The van der Waals surface area contributed by atoms with Crippen molar-refractivity contribution in [2.24, 2.45) is 5.92 Å². The Kier molecular flexibility index (Phi) is 8.39. The quantitative estimate of drug-likeness (QED) is 0.552. The van der Waals surface area contributed by atoms with E-state index in [4.69, 9.17) is 14.2 Å². The standard InChI is InChI=1S/C18H25NO5/c1-5-22-15-10-8-14(9-11-15)19-12-13(4)16(17(20)23-6-2)18(21)24-7-3/h8-12,16,19H,5-7H2,1-4H3/b13-12-. The molecule has 0 radical (unpaired) electrons. The highest BCUT2D eigenvalue weighted by atomic mass is 16.6. The second kappa shape index (κ2) is 10.3. The van der Waals surface area contributed by atoms with Crippen molar-refractivity contribution in [1.29, 1.82) is 0 Å². The van der Waals surface area contributed by atoms with E-state index < -0.39 is 17.9 Å². The molecule has 0 aliphatic rings. The number of carbonyl (C=O) groups excluding carboxylic acids is 2. The summed E-state index contributed by atoms with van der Waals surface area (Å²) in [6, 6.07) is 7.36. The fraction of sp³-hybridized carbons (Fsp3) is 0.444. The first-order chi connectivity index (χ1) is 11.5. The van der Waals surface area contributed by atoms with Crippen molar-refractivity contribution in [3.8, 4) is 5.75 Å². The normalized spacial score (nSPS) is 11.1. The third-order valence-electron chi connectivity index (χ3n) is 3.13. The zero-order valence-corrected chi connectivity index (χ0v) is 14.6. The van der Waals surface area contributed by atoms with Gasteiger partial charge in [-0.3, -0.25) is 9.59 Å². The van der Waals surface area contributed by atoms with Crippen molar-refractivity contribution in [3.05, 3.63) is 36.0 Å². The summed E-state index contributed by atoms with van der Waals surface area (Å²) in [5.41, 5.74) is 1.32. The Bertz CT molecular complexity index is 547. The Morgan fingerprint density at radius 1 is 1.00 bits per heavy atom. The Balaban J connectivity index is 2.84. The maximum absolute atomic E-state index is 12.0. The molecular formula is C18H25NO5. The summed E-state index contributed by atoms with van der Waals surface area (Å²) in [6.07, 6.45) is 1.61. The Labute approximate surface area is 142 Å². The number of rotatable bonds is 9. The van der Waals surface area contributed by atoms with Crippen LogP contribution < -0.4 is 10.1 Å². The molecule has 0 heterocycles. The molecule has 1 aromatic carbocycles. The van der Waals surface area contributed by atoms with Gasteiger partial charge >= 0.3 is 11.9 Å². The minimum Gasteiger partial charge on any atom is -0.494 e. The van der Waals surface area contributed by atoms with Gasteiger partial charge in [-0.2, -0.15) is 0 Å². The van der Waals surface area contributed by atoms with Crippen LogP contribution in [-0.2, 0) is 19.1 Å². The van der Waals surface area contributed by atoms with Crippen molar-refractivity contribution in [3.63, 3.8) is 0 Å². The molecule has 0 amide bonds. The van der Waals surface area contributed by atoms with Crippen LogP contribution in [0, 0.1) is 5.92 Å². The maximum atomic E-state index is 12.0. The highest BCUT2D eigenvalue weighted by molar-refractivity contribution is 5.98. The van der Waals surface area contributed by atoms with Crippen molar-refractivity contribution in [2.45, 2.75) is 27.7 Å². The molecule has 0 spiro atoms. The van der Waals surface area contributed by atoms with E-state index in [2.05, 4.69) is 5.32 Å². The van der Waals surface area contributed by atoms with E-state index in [1.54, 1.807) is 27.0 Å². The van der Waals surface area contributed by atoms with E-state index in [9.17, 15) is 9.59 Å². The van der Waals surface area contributed by atoms with Crippen LogP contribution in [0.5, 0.6) is 5.75 Å². The predicted molar refractivity (Wildman–Crippen MR) is 91.7 cm³/mol. The zero-order chi connectivity index (χ0) is 17.9. The molecule has 6 heteroatoms. The lowest BCUT2D eigenvalue weighted by Crippen LogP contribution is -2.29. The SMILES string of the molecule is CCOC(=O)C(C(=O)OCC)/C(C)=C\Nc1ccc(OCC)cc1. The van der Waals surface area contributed by atoms with E-state index >= 15 is 0 Å². The van der Waals surface area contributed by atoms with Gasteiger partial charge in [0.25, 0.3) is 0 Å². The molecule has 0 fully saturated rings. The van der Waals surface area contributed by atoms with Gasteiger partial charge in [0.1, 0.15) is 5.75 Å². The second-order valence-corrected chi connectivity index (χ2v) is 4.93. The minimum atomic E-state index is -1.07. The van der Waals surface area contributed by atoms with E-state index in [0.29, 0.717) is 12.2 Å². The van der Waals surface area contributed by atoms with Crippen LogP contribution in [0.3, 0.4) is 0 Å².